The largest absolute Gasteiger partial charge is 0.353 e. The van der Waals surface area contributed by atoms with E-state index < -0.39 is 5.38 Å². The van der Waals surface area contributed by atoms with E-state index in [1.165, 1.54) is 5.56 Å². The quantitative estimate of drug-likeness (QED) is 0.775. The second kappa shape index (κ2) is 7.62. The number of aromatic nitrogens is 2. The van der Waals surface area contributed by atoms with Crippen molar-refractivity contribution in [2.24, 2.45) is 0 Å². The summed E-state index contributed by atoms with van der Waals surface area (Å²) in [5.74, 6) is 1.71. The summed E-state index contributed by atoms with van der Waals surface area (Å²) in [4.78, 5) is 25.7. The predicted molar refractivity (Wildman–Crippen MR) is 106 cm³/mol. The van der Waals surface area contributed by atoms with Crippen LogP contribution in [0.25, 0.3) is 11.4 Å². The van der Waals surface area contributed by atoms with Crippen molar-refractivity contribution in [3.8, 4) is 11.4 Å². The maximum Gasteiger partial charge on any atom is 0.240 e. The van der Waals surface area contributed by atoms with Gasteiger partial charge in [-0.1, -0.05) is 29.8 Å². The number of nitrogens with zero attached hydrogens (tertiary/aromatic N) is 4. The van der Waals surface area contributed by atoms with E-state index in [-0.39, 0.29) is 5.91 Å². The van der Waals surface area contributed by atoms with E-state index in [1.807, 2.05) is 11.8 Å². The van der Waals surface area contributed by atoms with Gasteiger partial charge in [0.05, 0.1) is 0 Å². The summed E-state index contributed by atoms with van der Waals surface area (Å²) in [5.41, 5.74) is 4.31. The van der Waals surface area contributed by atoms with Crippen LogP contribution in [0.1, 0.15) is 23.7 Å². The van der Waals surface area contributed by atoms with Gasteiger partial charge in [0.15, 0.2) is 5.82 Å². The highest BCUT2D eigenvalue weighted by Crippen LogP contribution is 2.25. The van der Waals surface area contributed by atoms with Gasteiger partial charge in [-0.25, -0.2) is 9.97 Å². The molecule has 0 spiro atoms. The number of benzene rings is 1. The Balaban J connectivity index is 1.84. The van der Waals surface area contributed by atoms with Gasteiger partial charge in [-0.2, -0.15) is 0 Å². The van der Waals surface area contributed by atoms with E-state index in [0.29, 0.717) is 13.1 Å². The first-order valence-corrected chi connectivity index (χ1v) is 9.40. The molecule has 1 aliphatic heterocycles. The minimum Gasteiger partial charge on any atom is -0.353 e. The van der Waals surface area contributed by atoms with Gasteiger partial charge in [0.1, 0.15) is 11.2 Å². The number of carbonyl (C=O) groups is 1. The van der Waals surface area contributed by atoms with Crippen LogP contribution in [0, 0.1) is 20.8 Å². The molecule has 1 saturated heterocycles. The second-order valence-corrected chi connectivity index (χ2v) is 7.53. The summed E-state index contributed by atoms with van der Waals surface area (Å²) in [5, 5.41) is -0.474. The van der Waals surface area contributed by atoms with Crippen molar-refractivity contribution in [1.82, 2.24) is 14.9 Å². The molecule has 138 valence electrons. The molecule has 0 bridgehead atoms. The molecule has 26 heavy (non-hydrogen) atoms. The Morgan fingerprint density at radius 2 is 1.65 bits per heavy atom. The van der Waals surface area contributed by atoms with Gasteiger partial charge < -0.3 is 9.80 Å². The Hall–Kier alpha value is -2.14. The van der Waals surface area contributed by atoms with E-state index in [2.05, 4.69) is 48.0 Å². The second-order valence-electron chi connectivity index (χ2n) is 6.88. The smallest absolute Gasteiger partial charge is 0.240 e. The number of alkyl halides is 1. The van der Waals surface area contributed by atoms with Crippen LogP contribution >= 0.6 is 11.6 Å². The minimum absolute atomic E-state index is 0.00208. The molecule has 2 aromatic rings. The average Bonchev–Trinajstić information content (AvgIpc) is 2.64. The molecule has 0 unspecified atom stereocenters. The lowest BCUT2D eigenvalue weighted by Crippen LogP contribution is -2.50. The number of rotatable bonds is 3. The normalized spacial score (nSPS) is 15.9. The lowest BCUT2D eigenvalue weighted by molar-refractivity contribution is -0.130. The Morgan fingerprint density at radius 1 is 1.04 bits per heavy atom. The van der Waals surface area contributed by atoms with Gasteiger partial charge in [-0.15, -0.1) is 11.6 Å². The fourth-order valence-corrected chi connectivity index (χ4v) is 3.28. The third kappa shape index (κ3) is 3.83. The minimum atomic E-state index is -0.474. The van der Waals surface area contributed by atoms with Crippen LogP contribution in [0.3, 0.4) is 0 Å². The molecule has 0 N–H and O–H groups in total. The molecule has 5 nitrogen and oxygen atoms in total. The van der Waals surface area contributed by atoms with Crippen molar-refractivity contribution in [3.63, 3.8) is 0 Å². The zero-order chi connectivity index (χ0) is 18.8. The van der Waals surface area contributed by atoms with Crippen molar-refractivity contribution in [2.45, 2.75) is 33.1 Å². The third-order valence-electron chi connectivity index (χ3n) is 4.90. The van der Waals surface area contributed by atoms with Crippen LogP contribution in [0.2, 0.25) is 0 Å². The van der Waals surface area contributed by atoms with E-state index >= 15 is 0 Å². The first kappa shape index (κ1) is 18.6. The molecule has 3 rings (SSSR count). The number of halogens is 1. The summed E-state index contributed by atoms with van der Waals surface area (Å²) in [6.45, 7) is 10.7. The zero-order valence-electron chi connectivity index (χ0n) is 15.8. The lowest BCUT2D eigenvalue weighted by atomic mass is 10.1. The van der Waals surface area contributed by atoms with E-state index in [4.69, 9.17) is 16.6 Å². The van der Waals surface area contributed by atoms with E-state index in [0.717, 1.165) is 41.6 Å². The Bertz CT molecular complexity index is 796. The number of hydrogen-bond donors (Lipinski definition) is 0. The number of piperazine rings is 1. The van der Waals surface area contributed by atoms with Crippen LogP contribution in [-0.2, 0) is 4.79 Å². The molecule has 1 aliphatic rings. The van der Waals surface area contributed by atoms with Crippen LogP contribution in [0.5, 0.6) is 0 Å². The molecule has 6 heteroatoms. The molecule has 1 amide bonds. The van der Waals surface area contributed by atoms with Crippen LogP contribution < -0.4 is 4.90 Å². The SMILES string of the molecule is Cc1ccc(-c2nc(C)c(C)c(N3CCN(C(=O)[C@H](C)Cl)CC3)n2)cc1. The van der Waals surface area contributed by atoms with E-state index in [1.54, 1.807) is 6.92 Å². The fraction of sp³-hybridized carbons (Fsp3) is 0.450. The maximum atomic E-state index is 12.1. The zero-order valence-corrected chi connectivity index (χ0v) is 16.5. The number of anilines is 1. The van der Waals surface area contributed by atoms with Gasteiger partial charge in [-0.05, 0) is 27.7 Å². The van der Waals surface area contributed by atoms with Crippen molar-refractivity contribution in [3.05, 3.63) is 41.1 Å². The Labute approximate surface area is 160 Å². The van der Waals surface area contributed by atoms with Gasteiger partial charge in [0, 0.05) is 43.0 Å². The number of hydrogen-bond acceptors (Lipinski definition) is 4. The van der Waals surface area contributed by atoms with Crippen molar-refractivity contribution in [1.29, 1.82) is 0 Å². The molecular formula is C20H25ClN4O. The fourth-order valence-electron chi connectivity index (χ4n) is 3.14. The predicted octanol–water partition coefficient (Wildman–Crippen LogP) is 3.34. The summed E-state index contributed by atoms with van der Waals surface area (Å²) < 4.78 is 0. The highest BCUT2D eigenvalue weighted by Gasteiger charge is 2.25. The Kier molecular flexibility index (Phi) is 5.47. The molecule has 1 atom stereocenters. The summed E-state index contributed by atoms with van der Waals surface area (Å²) in [6, 6.07) is 8.26. The van der Waals surface area contributed by atoms with Crippen molar-refractivity contribution < 1.29 is 4.79 Å². The summed E-state index contributed by atoms with van der Waals surface area (Å²) in [7, 11) is 0. The van der Waals surface area contributed by atoms with Gasteiger partial charge in [0.2, 0.25) is 5.91 Å². The Morgan fingerprint density at radius 3 is 2.23 bits per heavy atom. The number of amides is 1. The molecule has 1 aromatic carbocycles. The van der Waals surface area contributed by atoms with Gasteiger partial charge >= 0.3 is 0 Å². The summed E-state index contributed by atoms with van der Waals surface area (Å²) in [6.07, 6.45) is 0. The third-order valence-corrected chi connectivity index (χ3v) is 5.09. The first-order chi connectivity index (χ1) is 12.4. The maximum absolute atomic E-state index is 12.1. The number of aryl methyl sites for hydroxylation is 2. The first-order valence-electron chi connectivity index (χ1n) is 8.97. The molecule has 1 fully saturated rings. The molecular weight excluding hydrogens is 348 g/mol. The topological polar surface area (TPSA) is 49.3 Å². The van der Waals surface area contributed by atoms with Crippen LogP contribution in [0.4, 0.5) is 5.82 Å². The molecule has 0 radical (unpaired) electrons. The lowest BCUT2D eigenvalue weighted by Gasteiger charge is -2.36. The molecule has 0 saturated carbocycles. The van der Waals surface area contributed by atoms with Crippen LogP contribution in [-0.4, -0.2) is 52.3 Å². The van der Waals surface area contributed by atoms with Crippen LogP contribution in [0.15, 0.2) is 24.3 Å². The average molecular weight is 373 g/mol. The molecule has 2 heterocycles. The highest BCUT2D eigenvalue weighted by atomic mass is 35.5. The van der Waals surface area contributed by atoms with Crippen molar-refractivity contribution >= 4 is 23.3 Å². The van der Waals surface area contributed by atoms with Gasteiger partial charge in [-0.3, -0.25) is 4.79 Å². The highest BCUT2D eigenvalue weighted by molar-refractivity contribution is 6.30. The number of carbonyl (C=O) groups excluding carboxylic acids is 1. The monoisotopic (exact) mass is 372 g/mol. The summed E-state index contributed by atoms with van der Waals surface area (Å²) >= 11 is 5.94. The van der Waals surface area contributed by atoms with Crippen molar-refractivity contribution in [2.75, 3.05) is 31.1 Å². The molecule has 0 aliphatic carbocycles. The van der Waals surface area contributed by atoms with E-state index in [9.17, 15) is 4.79 Å². The van der Waals surface area contributed by atoms with Gasteiger partial charge in [0.25, 0.3) is 0 Å². The molecule has 1 aromatic heterocycles. The standard InChI is InChI=1S/C20H25ClN4O/c1-13-5-7-17(8-6-13)18-22-16(4)14(2)19(23-18)24-9-11-25(12-10-24)20(26)15(3)21/h5-8,15H,9-12H2,1-4H3/t15-/m0/s1.